The molecule has 0 unspecified atom stereocenters. The molecule has 1 heterocycles. The number of carbonyl (C=O) groups excluding carboxylic acids is 1. The van der Waals surface area contributed by atoms with Gasteiger partial charge in [0.1, 0.15) is 0 Å². The van der Waals surface area contributed by atoms with Gasteiger partial charge >= 0.3 is 0 Å². The lowest BCUT2D eigenvalue weighted by Crippen LogP contribution is -2.12. The maximum absolute atomic E-state index is 11.6. The Morgan fingerprint density at radius 1 is 0.955 bits per heavy atom. The first-order chi connectivity index (χ1) is 10.6. The van der Waals surface area contributed by atoms with Crippen molar-refractivity contribution in [2.45, 2.75) is 6.92 Å². The van der Waals surface area contributed by atoms with E-state index in [0.717, 1.165) is 16.8 Å². The van der Waals surface area contributed by atoms with Gasteiger partial charge in [0.25, 0.3) is 0 Å². The smallest absolute Gasteiger partial charge is 0.249 e. The minimum absolute atomic E-state index is 0.458. The molecule has 0 radical (unpaired) electrons. The van der Waals surface area contributed by atoms with Crippen LogP contribution in [0.4, 0.5) is 0 Å². The van der Waals surface area contributed by atoms with E-state index in [1.165, 1.54) is 0 Å². The Balaban J connectivity index is 2.17. The first-order valence-corrected chi connectivity index (χ1v) is 6.95. The molecule has 0 bridgehead atoms. The molecule has 3 rings (SSSR count). The van der Waals surface area contributed by atoms with Gasteiger partial charge in [-0.05, 0) is 19.1 Å². The second kappa shape index (κ2) is 5.77. The highest BCUT2D eigenvalue weighted by atomic mass is 16.1. The van der Waals surface area contributed by atoms with Gasteiger partial charge in [0.2, 0.25) is 5.91 Å². The summed E-state index contributed by atoms with van der Waals surface area (Å²) >= 11 is 0. The third-order valence-electron chi connectivity index (χ3n) is 3.35. The number of aryl methyl sites for hydroxylation is 1. The number of primary amides is 1. The molecule has 2 N–H and O–H groups in total. The largest absolute Gasteiger partial charge is 0.366 e. The maximum Gasteiger partial charge on any atom is 0.249 e. The van der Waals surface area contributed by atoms with Gasteiger partial charge in [-0.3, -0.25) is 4.79 Å². The predicted octanol–water partition coefficient (Wildman–Crippen LogP) is 3.22. The maximum atomic E-state index is 11.6. The number of hydrogen-bond donors (Lipinski definition) is 1. The Morgan fingerprint density at radius 2 is 1.64 bits per heavy atom. The average molecular weight is 289 g/mol. The molecular formula is C18H15N3O. The van der Waals surface area contributed by atoms with Gasteiger partial charge in [-0.25, -0.2) is 9.97 Å². The van der Waals surface area contributed by atoms with Crippen LogP contribution in [-0.2, 0) is 0 Å². The predicted molar refractivity (Wildman–Crippen MR) is 86.2 cm³/mol. The minimum atomic E-state index is -0.465. The molecule has 4 nitrogen and oxygen atoms in total. The number of nitrogens with zero attached hydrogens (tertiary/aromatic N) is 2. The van der Waals surface area contributed by atoms with Crippen LogP contribution in [0.15, 0.2) is 60.7 Å². The lowest BCUT2D eigenvalue weighted by atomic mass is 10.0. The standard InChI is InChI=1S/C18H15N3O/c1-12-11-16(14-9-5-6-10-15(14)17(19)22)21-18(20-12)13-7-3-2-4-8-13/h2-11H,1H3,(H2,19,22). The fourth-order valence-corrected chi connectivity index (χ4v) is 2.34. The zero-order chi connectivity index (χ0) is 15.5. The van der Waals surface area contributed by atoms with Crippen molar-refractivity contribution in [2.75, 3.05) is 0 Å². The molecule has 2 aromatic carbocycles. The highest BCUT2D eigenvalue weighted by Gasteiger charge is 2.12. The molecule has 0 saturated carbocycles. The van der Waals surface area contributed by atoms with Crippen molar-refractivity contribution in [2.24, 2.45) is 5.73 Å². The van der Waals surface area contributed by atoms with Crippen molar-refractivity contribution >= 4 is 5.91 Å². The van der Waals surface area contributed by atoms with Gasteiger partial charge in [-0.1, -0.05) is 48.5 Å². The lowest BCUT2D eigenvalue weighted by molar-refractivity contribution is 0.100. The number of hydrogen-bond acceptors (Lipinski definition) is 3. The van der Waals surface area contributed by atoms with E-state index in [0.29, 0.717) is 17.1 Å². The van der Waals surface area contributed by atoms with Crippen LogP contribution in [0.25, 0.3) is 22.6 Å². The van der Waals surface area contributed by atoms with Crippen molar-refractivity contribution in [1.29, 1.82) is 0 Å². The van der Waals surface area contributed by atoms with Crippen LogP contribution in [0.5, 0.6) is 0 Å². The third-order valence-corrected chi connectivity index (χ3v) is 3.35. The van der Waals surface area contributed by atoms with E-state index in [1.54, 1.807) is 12.1 Å². The van der Waals surface area contributed by atoms with Crippen LogP contribution in [-0.4, -0.2) is 15.9 Å². The van der Waals surface area contributed by atoms with E-state index in [-0.39, 0.29) is 0 Å². The molecule has 22 heavy (non-hydrogen) atoms. The van der Waals surface area contributed by atoms with Crippen molar-refractivity contribution in [1.82, 2.24) is 9.97 Å². The summed E-state index contributed by atoms with van der Waals surface area (Å²) in [5.74, 6) is 0.169. The third kappa shape index (κ3) is 2.72. The zero-order valence-corrected chi connectivity index (χ0v) is 12.2. The van der Waals surface area contributed by atoms with Crippen LogP contribution >= 0.6 is 0 Å². The summed E-state index contributed by atoms with van der Waals surface area (Å²) in [4.78, 5) is 20.7. The Morgan fingerprint density at radius 3 is 2.36 bits per heavy atom. The topological polar surface area (TPSA) is 68.9 Å². The molecule has 0 fully saturated rings. The summed E-state index contributed by atoms with van der Waals surface area (Å²) < 4.78 is 0. The Labute approximate surface area is 128 Å². The highest BCUT2D eigenvalue weighted by Crippen LogP contribution is 2.25. The monoisotopic (exact) mass is 289 g/mol. The molecule has 0 aliphatic rings. The summed E-state index contributed by atoms with van der Waals surface area (Å²) in [6.07, 6.45) is 0. The number of nitrogens with two attached hydrogens (primary N) is 1. The average Bonchev–Trinajstić information content (AvgIpc) is 2.55. The summed E-state index contributed by atoms with van der Waals surface area (Å²) in [5.41, 5.74) is 9.10. The molecule has 0 spiro atoms. The molecule has 3 aromatic rings. The number of carbonyl (C=O) groups is 1. The molecule has 0 aliphatic heterocycles. The van der Waals surface area contributed by atoms with Crippen LogP contribution in [0.2, 0.25) is 0 Å². The van der Waals surface area contributed by atoms with Gasteiger partial charge < -0.3 is 5.73 Å². The highest BCUT2D eigenvalue weighted by molar-refractivity contribution is 5.99. The van der Waals surface area contributed by atoms with Crippen LogP contribution in [0.3, 0.4) is 0 Å². The van der Waals surface area contributed by atoms with Gasteiger partial charge in [0, 0.05) is 22.4 Å². The SMILES string of the molecule is Cc1cc(-c2ccccc2C(N)=O)nc(-c2ccccc2)n1. The second-order valence-electron chi connectivity index (χ2n) is 4.99. The lowest BCUT2D eigenvalue weighted by Gasteiger charge is -2.09. The first kappa shape index (κ1) is 13.9. The van der Waals surface area contributed by atoms with Crippen LogP contribution in [0.1, 0.15) is 16.1 Å². The van der Waals surface area contributed by atoms with Gasteiger partial charge in [0.15, 0.2) is 5.82 Å². The van der Waals surface area contributed by atoms with Crippen molar-refractivity contribution in [3.8, 4) is 22.6 Å². The molecule has 0 atom stereocenters. The molecule has 1 aromatic heterocycles. The summed E-state index contributed by atoms with van der Waals surface area (Å²) in [6, 6.07) is 18.8. The van der Waals surface area contributed by atoms with E-state index in [1.807, 2.05) is 55.5 Å². The van der Waals surface area contributed by atoms with E-state index >= 15 is 0 Å². The van der Waals surface area contributed by atoms with Gasteiger partial charge in [-0.2, -0.15) is 0 Å². The fraction of sp³-hybridized carbons (Fsp3) is 0.0556. The quantitative estimate of drug-likeness (QED) is 0.805. The van der Waals surface area contributed by atoms with E-state index < -0.39 is 5.91 Å². The number of benzene rings is 2. The normalized spacial score (nSPS) is 10.4. The zero-order valence-electron chi connectivity index (χ0n) is 12.2. The number of rotatable bonds is 3. The minimum Gasteiger partial charge on any atom is -0.366 e. The molecule has 1 amide bonds. The Kier molecular flexibility index (Phi) is 3.66. The van der Waals surface area contributed by atoms with E-state index in [4.69, 9.17) is 5.73 Å². The Hall–Kier alpha value is -3.01. The van der Waals surface area contributed by atoms with Crippen LogP contribution in [0, 0.1) is 6.92 Å². The van der Waals surface area contributed by atoms with Crippen molar-refractivity contribution < 1.29 is 4.79 Å². The molecular weight excluding hydrogens is 274 g/mol. The summed E-state index contributed by atoms with van der Waals surface area (Å²) in [7, 11) is 0. The molecule has 4 heteroatoms. The summed E-state index contributed by atoms with van der Waals surface area (Å²) in [5, 5.41) is 0. The molecule has 108 valence electrons. The number of aromatic nitrogens is 2. The molecule has 0 saturated heterocycles. The van der Waals surface area contributed by atoms with Gasteiger partial charge in [-0.15, -0.1) is 0 Å². The van der Waals surface area contributed by atoms with Crippen molar-refractivity contribution in [3.63, 3.8) is 0 Å². The first-order valence-electron chi connectivity index (χ1n) is 6.95. The van der Waals surface area contributed by atoms with Crippen molar-refractivity contribution in [3.05, 3.63) is 71.9 Å². The van der Waals surface area contributed by atoms with E-state index in [2.05, 4.69) is 9.97 Å². The Bertz CT molecular complexity index is 829. The van der Waals surface area contributed by atoms with Crippen LogP contribution < -0.4 is 5.73 Å². The molecule has 0 aliphatic carbocycles. The second-order valence-corrected chi connectivity index (χ2v) is 4.99. The van der Waals surface area contributed by atoms with Gasteiger partial charge in [0.05, 0.1) is 5.69 Å². The number of amides is 1. The fourth-order valence-electron chi connectivity index (χ4n) is 2.34. The summed E-state index contributed by atoms with van der Waals surface area (Å²) in [6.45, 7) is 1.91. The van der Waals surface area contributed by atoms with E-state index in [9.17, 15) is 4.79 Å².